The zero-order valence-corrected chi connectivity index (χ0v) is 11.6. The van der Waals surface area contributed by atoms with E-state index in [0.717, 1.165) is 5.56 Å². The number of aromatic nitrogens is 1. The van der Waals surface area contributed by atoms with Gasteiger partial charge in [-0.25, -0.2) is 4.98 Å². The van der Waals surface area contributed by atoms with Crippen molar-refractivity contribution in [3.63, 3.8) is 0 Å². The number of pyridine rings is 1. The highest BCUT2D eigenvalue weighted by Gasteiger charge is 2.07. The molecule has 0 bridgehead atoms. The Morgan fingerprint density at radius 3 is 2.38 bits per heavy atom. The maximum atomic E-state index is 11.9. The Morgan fingerprint density at radius 1 is 1.10 bits per heavy atom. The molecule has 0 aliphatic carbocycles. The average Bonchev–Trinajstić information content (AvgIpc) is 2.53. The van der Waals surface area contributed by atoms with E-state index in [4.69, 9.17) is 5.73 Å². The summed E-state index contributed by atoms with van der Waals surface area (Å²) in [5, 5.41) is 5.30. The van der Waals surface area contributed by atoms with Gasteiger partial charge in [0.1, 0.15) is 5.69 Å². The fraction of sp³-hybridized carbons (Fsp3) is 0.133. The molecule has 0 saturated heterocycles. The number of amides is 2. The van der Waals surface area contributed by atoms with Crippen molar-refractivity contribution in [2.24, 2.45) is 0 Å². The van der Waals surface area contributed by atoms with Gasteiger partial charge in [0.05, 0.1) is 11.9 Å². The summed E-state index contributed by atoms with van der Waals surface area (Å²) in [4.78, 5) is 27.2. The van der Waals surface area contributed by atoms with Crippen molar-refractivity contribution in [1.29, 1.82) is 0 Å². The minimum absolute atomic E-state index is 0.142. The first-order valence-corrected chi connectivity index (χ1v) is 6.41. The van der Waals surface area contributed by atoms with Crippen LogP contribution in [0.2, 0.25) is 0 Å². The van der Waals surface area contributed by atoms with Crippen LogP contribution in [0.1, 0.15) is 26.4 Å². The molecule has 1 heterocycles. The maximum absolute atomic E-state index is 11.9. The van der Waals surface area contributed by atoms with Crippen molar-refractivity contribution in [3.8, 4) is 0 Å². The number of anilines is 1. The first kappa shape index (κ1) is 14.5. The molecule has 2 amide bonds. The average molecular weight is 284 g/mol. The molecule has 0 fully saturated rings. The molecule has 0 unspecified atom stereocenters. The van der Waals surface area contributed by atoms with Gasteiger partial charge in [-0.2, -0.15) is 0 Å². The standard InChI is InChI=1S/C15H16N4O2/c1-17-14(20)11-4-2-10(3-5-11)8-19-15(21)13-7-6-12(16)9-18-13/h2-7,9H,8,16H2,1H3,(H,17,20)(H,19,21). The number of benzene rings is 1. The van der Waals surface area contributed by atoms with Crippen molar-refractivity contribution in [2.45, 2.75) is 6.54 Å². The van der Waals surface area contributed by atoms with Crippen molar-refractivity contribution in [1.82, 2.24) is 15.6 Å². The summed E-state index contributed by atoms with van der Waals surface area (Å²) in [5.41, 5.74) is 7.81. The summed E-state index contributed by atoms with van der Waals surface area (Å²) in [5.74, 6) is -0.415. The summed E-state index contributed by atoms with van der Waals surface area (Å²) in [6, 6.07) is 10.2. The van der Waals surface area contributed by atoms with E-state index in [0.29, 0.717) is 23.5 Å². The quantitative estimate of drug-likeness (QED) is 0.778. The van der Waals surface area contributed by atoms with Crippen molar-refractivity contribution < 1.29 is 9.59 Å². The zero-order valence-electron chi connectivity index (χ0n) is 11.6. The van der Waals surface area contributed by atoms with Gasteiger partial charge in [0, 0.05) is 19.2 Å². The van der Waals surface area contributed by atoms with Crippen LogP contribution in [-0.2, 0) is 6.54 Å². The molecule has 1 aromatic heterocycles. The summed E-state index contributed by atoms with van der Waals surface area (Å²) >= 11 is 0. The number of nitrogen functional groups attached to an aromatic ring is 1. The minimum atomic E-state index is -0.273. The largest absolute Gasteiger partial charge is 0.397 e. The van der Waals surface area contributed by atoms with Crippen LogP contribution in [-0.4, -0.2) is 23.8 Å². The number of carbonyl (C=O) groups is 2. The molecule has 0 aliphatic rings. The van der Waals surface area contributed by atoms with Gasteiger partial charge in [-0.1, -0.05) is 12.1 Å². The number of hydrogen-bond acceptors (Lipinski definition) is 4. The van der Waals surface area contributed by atoms with E-state index < -0.39 is 0 Å². The monoisotopic (exact) mass is 284 g/mol. The summed E-state index contributed by atoms with van der Waals surface area (Å²) in [7, 11) is 1.58. The molecule has 1 aromatic carbocycles. The predicted molar refractivity (Wildman–Crippen MR) is 79.7 cm³/mol. The number of hydrogen-bond donors (Lipinski definition) is 3. The molecular weight excluding hydrogens is 268 g/mol. The van der Waals surface area contributed by atoms with Gasteiger partial charge in [-0.3, -0.25) is 9.59 Å². The Kier molecular flexibility index (Phi) is 4.50. The van der Waals surface area contributed by atoms with E-state index in [1.165, 1.54) is 6.20 Å². The van der Waals surface area contributed by atoms with E-state index in [-0.39, 0.29) is 11.8 Å². The Hall–Kier alpha value is -2.89. The highest BCUT2D eigenvalue weighted by molar-refractivity contribution is 5.94. The number of carbonyl (C=O) groups excluding carboxylic acids is 2. The molecule has 0 saturated carbocycles. The molecule has 2 rings (SSSR count). The normalized spacial score (nSPS) is 9.95. The first-order valence-electron chi connectivity index (χ1n) is 6.41. The third-order valence-electron chi connectivity index (χ3n) is 2.92. The lowest BCUT2D eigenvalue weighted by Gasteiger charge is -2.06. The molecule has 21 heavy (non-hydrogen) atoms. The van der Waals surface area contributed by atoms with Crippen LogP contribution in [0, 0.1) is 0 Å². The van der Waals surface area contributed by atoms with Crippen LogP contribution in [0.15, 0.2) is 42.6 Å². The molecule has 6 nitrogen and oxygen atoms in total. The fourth-order valence-electron chi connectivity index (χ4n) is 1.73. The van der Waals surface area contributed by atoms with Gasteiger partial charge in [-0.15, -0.1) is 0 Å². The van der Waals surface area contributed by atoms with Gasteiger partial charge >= 0.3 is 0 Å². The molecule has 0 aliphatic heterocycles. The second-order valence-electron chi connectivity index (χ2n) is 4.44. The van der Waals surface area contributed by atoms with Crippen LogP contribution in [0.4, 0.5) is 5.69 Å². The topological polar surface area (TPSA) is 97.1 Å². The summed E-state index contributed by atoms with van der Waals surface area (Å²) in [6.07, 6.45) is 1.44. The summed E-state index contributed by atoms with van der Waals surface area (Å²) < 4.78 is 0. The maximum Gasteiger partial charge on any atom is 0.270 e. The lowest BCUT2D eigenvalue weighted by atomic mass is 10.1. The van der Waals surface area contributed by atoms with E-state index in [1.807, 2.05) is 0 Å². The van der Waals surface area contributed by atoms with Gasteiger partial charge < -0.3 is 16.4 Å². The molecular formula is C15H16N4O2. The molecule has 0 radical (unpaired) electrons. The number of nitrogens with one attached hydrogen (secondary N) is 2. The highest BCUT2D eigenvalue weighted by atomic mass is 16.2. The second kappa shape index (κ2) is 6.51. The number of rotatable bonds is 4. The molecule has 2 aromatic rings. The third-order valence-corrected chi connectivity index (χ3v) is 2.92. The first-order chi connectivity index (χ1) is 10.1. The Morgan fingerprint density at radius 2 is 1.81 bits per heavy atom. The predicted octanol–water partition coefficient (Wildman–Crippen LogP) is 0.953. The number of nitrogens with two attached hydrogens (primary N) is 1. The fourth-order valence-corrected chi connectivity index (χ4v) is 1.73. The molecule has 0 spiro atoms. The van der Waals surface area contributed by atoms with Gasteiger partial charge in [-0.05, 0) is 29.8 Å². The number of nitrogens with zero attached hydrogens (tertiary/aromatic N) is 1. The second-order valence-corrected chi connectivity index (χ2v) is 4.44. The molecule has 108 valence electrons. The minimum Gasteiger partial charge on any atom is -0.397 e. The highest BCUT2D eigenvalue weighted by Crippen LogP contribution is 2.05. The lowest BCUT2D eigenvalue weighted by molar-refractivity contribution is 0.0942. The Bertz CT molecular complexity index is 636. The molecule has 4 N–H and O–H groups in total. The molecule has 0 atom stereocenters. The van der Waals surface area contributed by atoms with Crippen LogP contribution in [0.25, 0.3) is 0 Å². The lowest BCUT2D eigenvalue weighted by Crippen LogP contribution is -2.24. The Balaban J connectivity index is 1.95. The van der Waals surface area contributed by atoms with E-state index in [2.05, 4.69) is 15.6 Å². The Labute approximate surface area is 122 Å². The van der Waals surface area contributed by atoms with Crippen LogP contribution in [0.5, 0.6) is 0 Å². The van der Waals surface area contributed by atoms with Crippen LogP contribution < -0.4 is 16.4 Å². The van der Waals surface area contributed by atoms with Gasteiger partial charge in [0.15, 0.2) is 0 Å². The van der Waals surface area contributed by atoms with Gasteiger partial charge in [0.2, 0.25) is 0 Å². The SMILES string of the molecule is CNC(=O)c1ccc(CNC(=O)c2ccc(N)cn2)cc1. The van der Waals surface area contributed by atoms with E-state index >= 15 is 0 Å². The van der Waals surface area contributed by atoms with Gasteiger partial charge in [0.25, 0.3) is 11.8 Å². The third kappa shape index (κ3) is 3.79. The smallest absolute Gasteiger partial charge is 0.270 e. The van der Waals surface area contributed by atoms with E-state index in [9.17, 15) is 9.59 Å². The van der Waals surface area contributed by atoms with Crippen molar-refractivity contribution in [3.05, 3.63) is 59.4 Å². The van der Waals surface area contributed by atoms with Crippen molar-refractivity contribution >= 4 is 17.5 Å². The van der Waals surface area contributed by atoms with E-state index in [1.54, 1.807) is 43.4 Å². The van der Waals surface area contributed by atoms with Crippen LogP contribution in [0.3, 0.4) is 0 Å². The molecule has 6 heteroatoms. The van der Waals surface area contributed by atoms with Crippen molar-refractivity contribution in [2.75, 3.05) is 12.8 Å². The zero-order chi connectivity index (χ0) is 15.2. The summed E-state index contributed by atoms with van der Waals surface area (Å²) in [6.45, 7) is 0.360. The van der Waals surface area contributed by atoms with Crippen LogP contribution >= 0.6 is 0 Å².